The number of aromatic amines is 1. The third-order valence-electron chi connectivity index (χ3n) is 2.63. The zero-order valence-electron chi connectivity index (χ0n) is 10.6. The molecule has 2 heterocycles. The highest BCUT2D eigenvalue weighted by Crippen LogP contribution is 2.33. The van der Waals surface area contributed by atoms with Gasteiger partial charge in [-0.05, 0) is 19.4 Å². The number of nitrogens with zero attached hydrogens (tertiary/aromatic N) is 2. The van der Waals surface area contributed by atoms with Gasteiger partial charge >= 0.3 is 5.97 Å². The van der Waals surface area contributed by atoms with Gasteiger partial charge < -0.3 is 10.1 Å². The second-order valence-corrected chi connectivity index (χ2v) is 4.99. The van der Waals surface area contributed by atoms with E-state index in [4.69, 9.17) is 4.74 Å². The largest absolute Gasteiger partial charge is 0.465 e. The summed E-state index contributed by atoms with van der Waals surface area (Å²) in [6.07, 6.45) is 1.24. The minimum absolute atomic E-state index is 0.0829. The van der Waals surface area contributed by atoms with Gasteiger partial charge in [0.1, 0.15) is 11.3 Å². The zero-order valence-corrected chi connectivity index (χ0v) is 11.4. The summed E-state index contributed by atoms with van der Waals surface area (Å²) in [6.45, 7) is 3.68. The fourth-order valence-electron chi connectivity index (χ4n) is 1.54. The summed E-state index contributed by atoms with van der Waals surface area (Å²) in [5.74, 6) is -0.849. The first-order valence-corrected chi connectivity index (χ1v) is 6.21. The molecule has 0 fully saturated rings. The average Bonchev–Trinajstić information content (AvgIpc) is 2.99. The second-order valence-electron chi connectivity index (χ2n) is 3.77. The van der Waals surface area contributed by atoms with Crippen LogP contribution in [-0.4, -0.2) is 34.2 Å². The molecule has 0 saturated carbocycles. The van der Waals surface area contributed by atoms with Crippen molar-refractivity contribution >= 4 is 28.2 Å². The minimum atomic E-state index is -0.477. The first kappa shape index (κ1) is 13.2. The Bertz CT molecular complexity index is 618. The smallest absolute Gasteiger partial charge is 0.341 e. The number of thiophene rings is 1. The summed E-state index contributed by atoms with van der Waals surface area (Å²) in [6, 6.07) is 0. The Morgan fingerprint density at radius 3 is 2.74 bits per heavy atom. The second kappa shape index (κ2) is 5.19. The fourth-order valence-corrected chi connectivity index (χ4v) is 2.58. The van der Waals surface area contributed by atoms with Crippen molar-refractivity contribution in [3.05, 3.63) is 28.2 Å². The molecule has 0 aliphatic carbocycles. The number of H-pyrrole nitrogens is 1. The van der Waals surface area contributed by atoms with Gasteiger partial charge in [-0.25, -0.2) is 9.78 Å². The van der Waals surface area contributed by atoms with Crippen molar-refractivity contribution < 1.29 is 14.3 Å². The number of esters is 1. The lowest BCUT2D eigenvalue weighted by Crippen LogP contribution is -2.15. The summed E-state index contributed by atoms with van der Waals surface area (Å²) < 4.78 is 4.72. The maximum absolute atomic E-state index is 11.9. The van der Waals surface area contributed by atoms with E-state index in [1.54, 1.807) is 0 Å². The van der Waals surface area contributed by atoms with Crippen molar-refractivity contribution in [3.8, 4) is 0 Å². The molecule has 2 N–H and O–H groups in total. The number of carbonyl (C=O) groups is 2. The predicted molar refractivity (Wildman–Crippen MR) is 69.5 cm³/mol. The lowest BCUT2D eigenvalue weighted by molar-refractivity contribution is 0.0601. The van der Waals surface area contributed by atoms with E-state index in [1.165, 1.54) is 24.8 Å². The van der Waals surface area contributed by atoms with Gasteiger partial charge in [0, 0.05) is 4.88 Å². The molecular formula is C11H12N4O3S. The lowest BCUT2D eigenvalue weighted by atomic mass is 10.1. The van der Waals surface area contributed by atoms with Crippen molar-refractivity contribution in [2.75, 3.05) is 12.4 Å². The highest BCUT2D eigenvalue weighted by Gasteiger charge is 2.22. The van der Waals surface area contributed by atoms with Crippen LogP contribution < -0.4 is 5.32 Å². The number of aromatic nitrogens is 3. The van der Waals surface area contributed by atoms with Gasteiger partial charge in [-0.3, -0.25) is 9.89 Å². The number of hydrogen-bond acceptors (Lipinski definition) is 6. The normalized spacial score (nSPS) is 10.3. The summed E-state index contributed by atoms with van der Waals surface area (Å²) in [5, 5.41) is 9.13. The number of carbonyl (C=O) groups excluding carboxylic acids is 2. The number of amides is 1. The Morgan fingerprint density at radius 1 is 1.42 bits per heavy atom. The van der Waals surface area contributed by atoms with E-state index in [1.807, 2.05) is 13.8 Å². The number of rotatable bonds is 3. The van der Waals surface area contributed by atoms with Crippen molar-refractivity contribution in [2.24, 2.45) is 0 Å². The summed E-state index contributed by atoms with van der Waals surface area (Å²) in [5.41, 5.74) is 1.17. The average molecular weight is 280 g/mol. The van der Waals surface area contributed by atoms with Crippen LogP contribution in [0.25, 0.3) is 0 Å². The van der Waals surface area contributed by atoms with Gasteiger partial charge in [-0.2, -0.15) is 5.10 Å². The maximum atomic E-state index is 11.9. The van der Waals surface area contributed by atoms with Gasteiger partial charge in [0.25, 0.3) is 5.91 Å². The molecule has 0 saturated heterocycles. The van der Waals surface area contributed by atoms with Gasteiger partial charge in [-0.1, -0.05) is 0 Å². The van der Waals surface area contributed by atoms with E-state index in [0.29, 0.717) is 10.6 Å². The third kappa shape index (κ3) is 2.48. The van der Waals surface area contributed by atoms with Crippen LogP contribution in [0.2, 0.25) is 0 Å². The van der Waals surface area contributed by atoms with Crippen LogP contribution in [0.15, 0.2) is 6.33 Å². The zero-order chi connectivity index (χ0) is 14.0. The lowest BCUT2D eigenvalue weighted by Gasteiger charge is -2.04. The minimum Gasteiger partial charge on any atom is -0.465 e. The summed E-state index contributed by atoms with van der Waals surface area (Å²) >= 11 is 1.32. The van der Waals surface area contributed by atoms with E-state index >= 15 is 0 Å². The molecule has 7 nitrogen and oxygen atoms in total. The van der Waals surface area contributed by atoms with Crippen LogP contribution in [0.4, 0.5) is 5.00 Å². The molecule has 0 aromatic carbocycles. The van der Waals surface area contributed by atoms with Crippen molar-refractivity contribution in [1.29, 1.82) is 0 Å². The molecule has 1 amide bonds. The number of anilines is 1. The van der Waals surface area contributed by atoms with Crippen LogP contribution in [-0.2, 0) is 4.74 Å². The van der Waals surface area contributed by atoms with E-state index in [2.05, 4.69) is 20.5 Å². The summed E-state index contributed by atoms with van der Waals surface area (Å²) in [4.78, 5) is 28.3. The molecule has 2 aromatic rings. The molecule has 0 radical (unpaired) electrons. The Balaban J connectivity index is 2.33. The Labute approximate surface area is 113 Å². The van der Waals surface area contributed by atoms with Gasteiger partial charge in [0.15, 0.2) is 0 Å². The number of nitrogens with one attached hydrogen (secondary N) is 2. The Hall–Kier alpha value is -2.22. The number of hydrogen-bond donors (Lipinski definition) is 2. The molecule has 0 atom stereocenters. The molecular weight excluding hydrogens is 268 g/mol. The topological polar surface area (TPSA) is 97.0 Å². The summed E-state index contributed by atoms with van der Waals surface area (Å²) in [7, 11) is 1.30. The van der Waals surface area contributed by atoms with Crippen molar-refractivity contribution in [3.63, 3.8) is 0 Å². The third-order valence-corrected chi connectivity index (χ3v) is 3.75. The molecule has 0 aliphatic heterocycles. The van der Waals surface area contributed by atoms with Crippen LogP contribution in [0, 0.1) is 13.8 Å². The number of aryl methyl sites for hydroxylation is 1. The van der Waals surface area contributed by atoms with E-state index in [9.17, 15) is 9.59 Å². The van der Waals surface area contributed by atoms with Crippen molar-refractivity contribution in [1.82, 2.24) is 15.2 Å². The molecule has 0 unspecified atom stereocenters. The number of ether oxygens (including phenoxy) is 1. The van der Waals surface area contributed by atoms with E-state index in [0.717, 1.165) is 10.4 Å². The first-order valence-electron chi connectivity index (χ1n) is 5.39. The quantitative estimate of drug-likeness (QED) is 0.831. The molecule has 19 heavy (non-hydrogen) atoms. The van der Waals surface area contributed by atoms with Gasteiger partial charge in [-0.15, -0.1) is 11.3 Å². The molecule has 100 valence electrons. The van der Waals surface area contributed by atoms with Crippen molar-refractivity contribution in [2.45, 2.75) is 13.8 Å². The Kier molecular flexibility index (Phi) is 3.61. The molecule has 2 rings (SSSR count). The SMILES string of the molecule is COC(=O)c1c(NC(=O)c2ncn[nH]2)sc(C)c1C. The fraction of sp³-hybridized carbons (Fsp3) is 0.273. The van der Waals surface area contributed by atoms with Gasteiger partial charge in [0.2, 0.25) is 5.82 Å². The molecule has 0 bridgehead atoms. The predicted octanol–water partition coefficient (Wildman–Crippen LogP) is 1.52. The maximum Gasteiger partial charge on any atom is 0.341 e. The highest BCUT2D eigenvalue weighted by molar-refractivity contribution is 7.16. The van der Waals surface area contributed by atoms with E-state index in [-0.39, 0.29) is 5.82 Å². The van der Waals surface area contributed by atoms with Crippen LogP contribution in [0.5, 0.6) is 0 Å². The number of methoxy groups -OCH3 is 1. The monoisotopic (exact) mass is 280 g/mol. The van der Waals surface area contributed by atoms with Crippen LogP contribution in [0.3, 0.4) is 0 Å². The standard InChI is InChI=1S/C11H12N4O3S/c1-5-6(2)19-10(7(5)11(17)18-3)14-9(16)8-12-4-13-15-8/h4H,1-3H3,(H,14,16)(H,12,13,15). The van der Waals surface area contributed by atoms with Crippen LogP contribution >= 0.6 is 11.3 Å². The molecule has 0 spiro atoms. The molecule has 2 aromatic heterocycles. The molecule has 0 aliphatic rings. The van der Waals surface area contributed by atoms with Gasteiger partial charge in [0.05, 0.1) is 12.7 Å². The Morgan fingerprint density at radius 2 is 2.16 bits per heavy atom. The van der Waals surface area contributed by atoms with Crippen LogP contribution in [0.1, 0.15) is 31.4 Å². The van der Waals surface area contributed by atoms with E-state index < -0.39 is 11.9 Å². The molecule has 8 heteroatoms. The highest BCUT2D eigenvalue weighted by atomic mass is 32.1. The first-order chi connectivity index (χ1) is 9.04.